The Balaban J connectivity index is 1.10. The van der Waals surface area contributed by atoms with Crippen molar-refractivity contribution in [3.8, 4) is 28.5 Å². The van der Waals surface area contributed by atoms with Gasteiger partial charge in [-0.3, -0.25) is 19.4 Å². The Labute approximate surface area is 322 Å². The highest BCUT2D eigenvalue weighted by atomic mass is 19.3. The second-order valence-corrected chi connectivity index (χ2v) is 14.9. The predicted molar refractivity (Wildman–Crippen MR) is 209 cm³/mol. The van der Waals surface area contributed by atoms with Crippen LogP contribution in [0.1, 0.15) is 50.8 Å². The Kier molecular flexibility index (Phi) is 8.96. The first-order valence-corrected chi connectivity index (χ1v) is 18.9. The zero-order valence-corrected chi connectivity index (χ0v) is 30.8. The summed E-state index contributed by atoms with van der Waals surface area (Å²) in [4.78, 5) is 34.9. The van der Waals surface area contributed by atoms with Gasteiger partial charge in [-0.05, 0) is 103 Å². The number of carbonyl (C=O) groups excluding carboxylic acids is 2. The van der Waals surface area contributed by atoms with Gasteiger partial charge in [-0.15, -0.1) is 0 Å². The van der Waals surface area contributed by atoms with Gasteiger partial charge in [0.1, 0.15) is 5.75 Å². The number of halogens is 2. The molecule has 1 saturated heterocycles. The highest BCUT2D eigenvalue weighted by molar-refractivity contribution is 6.16. The van der Waals surface area contributed by atoms with Gasteiger partial charge in [0.05, 0.1) is 28.9 Å². The first-order chi connectivity index (χ1) is 27.1. The highest BCUT2D eigenvalue weighted by Gasteiger charge is 2.38. The molecule has 9 rings (SSSR count). The number of hydrogen-bond acceptors (Lipinski definition) is 6. The summed E-state index contributed by atoms with van der Waals surface area (Å²) in [5.41, 5.74) is 7.12. The van der Waals surface area contributed by atoms with E-state index in [2.05, 4.69) is 19.1 Å². The molecule has 6 aromatic rings. The van der Waals surface area contributed by atoms with Crippen LogP contribution in [0.3, 0.4) is 0 Å². The highest BCUT2D eigenvalue weighted by Crippen LogP contribution is 2.42. The van der Waals surface area contributed by atoms with E-state index in [4.69, 9.17) is 9.47 Å². The Morgan fingerprint density at radius 1 is 0.857 bits per heavy atom. The summed E-state index contributed by atoms with van der Waals surface area (Å²) >= 11 is 0. The van der Waals surface area contributed by atoms with Crippen molar-refractivity contribution < 1.29 is 33.0 Å². The van der Waals surface area contributed by atoms with Crippen LogP contribution in [-0.4, -0.2) is 69.5 Å². The third-order valence-electron chi connectivity index (χ3n) is 11.2. The maximum absolute atomic E-state index is 15.0. The molecule has 0 aliphatic carbocycles. The summed E-state index contributed by atoms with van der Waals surface area (Å²) in [5.74, 6) is -2.06. The van der Waals surface area contributed by atoms with Gasteiger partial charge in [-0.25, -0.2) is 8.78 Å². The molecular weight excluding hydrogens is 715 g/mol. The number of pyridine rings is 1. The minimum Gasteiger partial charge on any atom is -0.508 e. The number of benzene rings is 4. The van der Waals surface area contributed by atoms with Crippen LogP contribution in [0.25, 0.3) is 16.8 Å². The molecular formula is C45H40F2N4O5. The van der Waals surface area contributed by atoms with Crippen LogP contribution >= 0.6 is 0 Å². The monoisotopic (exact) mass is 754 g/mol. The van der Waals surface area contributed by atoms with Gasteiger partial charge < -0.3 is 23.9 Å². The summed E-state index contributed by atoms with van der Waals surface area (Å²) in [6, 6.07) is 33.1. The Hall–Kier alpha value is -6.20. The molecule has 1 atom stereocenters. The van der Waals surface area contributed by atoms with Gasteiger partial charge in [-0.1, -0.05) is 42.5 Å². The van der Waals surface area contributed by atoms with Crippen molar-refractivity contribution >= 4 is 28.7 Å². The number of ether oxygens (including phenoxy) is 2. The molecule has 2 amide bonds. The lowest BCUT2D eigenvalue weighted by Crippen LogP contribution is -2.42. The fraction of sp³-hybridized carbons (Fsp3) is 0.244. The molecule has 9 nitrogen and oxygen atoms in total. The van der Waals surface area contributed by atoms with Crippen LogP contribution in [0, 0.1) is 0 Å². The number of phenols is 1. The smallest absolute Gasteiger partial charge is 0.265 e. The van der Waals surface area contributed by atoms with Gasteiger partial charge in [0.2, 0.25) is 6.79 Å². The molecule has 284 valence electrons. The summed E-state index contributed by atoms with van der Waals surface area (Å²) < 4.78 is 41.1. The normalized spacial score (nSPS) is 17.3. The molecule has 4 aromatic carbocycles. The molecule has 0 saturated carbocycles. The van der Waals surface area contributed by atoms with Crippen molar-refractivity contribution in [3.05, 3.63) is 143 Å². The first kappa shape index (κ1) is 35.5. The minimum absolute atomic E-state index is 0.0348. The SMILES string of the molecule is C[C@@H]1Cc2ccccc2CN1C(=O)c1cc2c(cc1-c1cc(C(=O)N(c3ccc(O)cc3)c3ccc(CCN4CCC(F)(F)C4)cc3)c3ccccn13)OCO2. The van der Waals surface area contributed by atoms with Crippen LogP contribution in [0.5, 0.6) is 17.2 Å². The van der Waals surface area contributed by atoms with Crippen LogP contribution in [0.2, 0.25) is 0 Å². The lowest BCUT2D eigenvalue weighted by molar-refractivity contribution is 0.0123. The predicted octanol–water partition coefficient (Wildman–Crippen LogP) is 8.49. The van der Waals surface area contributed by atoms with Crippen molar-refractivity contribution in [2.75, 3.05) is 31.3 Å². The number of nitrogens with zero attached hydrogens (tertiary/aromatic N) is 4. The van der Waals surface area contributed by atoms with Gasteiger partial charge >= 0.3 is 0 Å². The van der Waals surface area contributed by atoms with Crippen molar-refractivity contribution in [1.82, 2.24) is 14.2 Å². The first-order valence-electron chi connectivity index (χ1n) is 18.9. The number of anilines is 2. The molecule has 3 aliphatic rings. The third kappa shape index (κ3) is 6.62. The van der Waals surface area contributed by atoms with E-state index in [9.17, 15) is 18.7 Å². The lowest BCUT2D eigenvalue weighted by atomic mass is 9.93. The number of alkyl halides is 2. The number of fused-ring (bicyclic) bond motifs is 3. The lowest BCUT2D eigenvalue weighted by Gasteiger charge is -2.35. The average Bonchev–Trinajstić information content (AvgIpc) is 3.93. The number of carbonyl (C=O) groups is 2. The molecule has 1 N–H and O–H groups in total. The number of phenolic OH excluding ortho intramolecular Hbond substituents is 1. The van der Waals surface area contributed by atoms with E-state index < -0.39 is 5.92 Å². The molecule has 0 spiro atoms. The van der Waals surface area contributed by atoms with Crippen molar-refractivity contribution in [3.63, 3.8) is 0 Å². The van der Waals surface area contributed by atoms with E-state index >= 15 is 4.79 Å². The summed E-state index contributed by atoms with van der Waals surface area (Å²) in [6.07, 6.45) is 3.08. The Morgan fingerprint density at radius 2 is 1.55 bits per heavy atom. The van der Waals surface area contributed by atoms with Gasteiger partial charge in [0.15, 0.2) is 11.5 Å². The fourth-order valence-corrected chi connectivity index (χ4v) is 8.17. The number of hydrogen-bond donors (Lipinski definition) is 1. The molecule has 1 fully saturated rings. The number of aromatic hydroxyl groups is 1. The Bertz CT molecular complexity index is 2460. The average molecular weight is 755 g/mol. The van der Waals surface area contributed by atoms with E-state index in [1.165, 1.54) is 17.7 Å². The van der Waals surface area contributed by atoms with Crippen LogP contribution in [0.4, 0.5) is 20.2 Å². The van der Waals surface area contributed by atoms with Gasteiger partial charge in [0, 0.05) is 55.2 Å². The molecule has 11 heteroatoms. The number of rotatable bonds is 8. The quantitative estimate of drug-likeness (QED) is 0.168. The molecule has 5 heterocycles. The molecule has 0 radical (unpaired) electrons. The van der Waals surface area contributed by atoms with E-state index in [1.807, 2.05) is 82.2 Å². The van der Waals surface area contributed by atoms with E-state index in [1.54, 1.807) is 28.0 Å². The summed E-state index contributed by atoms with van der Waals surface area (Å²) in [6.45, 7) is 3.22. The van der Waals surface area contributed by atoms with Gasteiger partial charge in [0.25, 0.3) is 17.7 Å². The van der Waals surface area contributed by atoms with Crippen molar-refractivity contribution in [2.45, 2.75) is 44.7 Å². The topological polar surface area (TPSA) is 87.0 Å². The van der Waals surface area contributed by atoms with Gasteiger partial charge in [-0.2, -0.15) is 0 Å². The molecule has 0 bridgehead atoms. The van der Waals surface area contributed by atoms with Crippen molar-refractivity contribution in [2.24, 2.45) is 0 Å². The largest absolute Gasteiger partial charge is 0.508 e. The molecule has 0 unspecified atom stereocenters. The standard InChI is InChI=1S/C45H40F2N4O5/c1-29-22-31-6-2-3-7-32(31)26-50(29)43(53)37-25-42-41(55-28-56-42)24-36(37)40-23-38(39-8-4-5-19-49(39)40)44(54)51(34-13-15-35(52)16-14-34)33-11-9-30(10-12-33)17-20-48-21-18-45(46,47)27-48/h2-16,19,23-25,29,52H,17-18,20-22,26-28H2,1H3/t29-/m1/s1. The zero-order valence-electron chi connectivity index (χ0n) is 30.8. The van der Waals surface area contributed by atoms with Crippen LogP contribution in [-0.2, 0) is 19.4 Å². The minimum atomic E-state index is -2.64. The second kappa shape index (κ2) is 14.1. The molecule has 2 aromatic heterocycles. The zero-order chi connectivity index (χ0) is 38.6. The summed E-state index contributed by atoms with van der Waals surface area (Å²) in [5, 5.41) is 10.1. The number of aromatic nitrogens is 1. The van der Waals surface area contributed by atoms with E-state index in [-0.39, 0.29) is 43.4 Å². The second-order valence-electron chi connectivity index (χ2n) is 14.9. The molecule has 56 heavy (non-hydrogen) atoms. The molecule has 3 aliphatic heterocycles. The van der Waals surface area contributed by atoms with E-state index in [0.717, 1.165) is 17.5 Å². The summed E-state index contributed by atoms with van der Waals surface area (Å²) in [7, 11) is 0. The number of likely N-dealkylation sites (tertiary alicyclic amines) is 1. The number of amides is 2. The maximum atomic E-state index is 15.0. The third-order valence-corrected chi connectivity index (χ3v) is 11.2. The van der Waals surface area contributed by atoms with E-state index in [0.29, 0.717) is 76.8 Å². The fourth-order valence-electron chi connectivity index (χ4n) is 8.17. The maximum Gasteiger partial charge on any atom is 0.265 e. The van der Waals surface area contributed by atoms with Crippen molar-refractivity contribution in [1.29, 1.82) is 0 Å². The Morgan fingerprint density at radius 3 is 2.29 bits per heavy atom. The van der Waals surface area contributed by atoms with Crippen LogP contribution in [0.15, 0.2) is 115 Å². The van der Waals surface area contributed by atoms with Crippen LogP contribution < -0.4 is 14.4 Å².